The maximum Gasteiger partial charge on any atom is 0.0811 e. The molecule has 6 atom stereocenters. The molecule has 3 heteroatoms. The minimum absolute atomic E-state index is 0.374. The summed E-state index contributed by atoms with van der Waals surface area (Å²) in [5, 5.41) is 30.2. The summed E-state index contributed by atoms with van der Waals surface area (Å²) in [5.41, 5.74) is 3.17. The van der Waals surface area contributed by atoms with Crippen LogP contribution in [0.4, 0.5) is 0 Å². The topological polar surface area (TPSA) is 60.7 Å². The lowest BCUT2D eigenvalue weighted by Crippen LogP contribution is -2.36. The fourth-order valence-corrected chi connectivity index (χ4v) is 6.74. The molecule has 0 aromatic rings. The van der Waals surface area contributed by atoms with Gasteiger partial charge in [-0.2, -0.15) is 0 Å². The van der Waals surface area contributed by atoms with Gasteiger partial charge < -0.3 is 15.3 Å². The van der Waals surface area contributed by atoms with E-state index < -0.39 is 17.8 Å². The van der Waals surface area contributed by atoms with E-state index in [0.29, 0.717) is 30.1 Å². The summed E-state index contributed by atoms with van der Waals surface area (Å²) in [5.74, 6) is 2.11. The van der Waals surface area contributed by atoms with Gasteiger partial charge in [-0.1, -0.05) is 51.0 Å². The normalized spacial score (nSPS) is 38.8. The molecule has 0 saturated heterocycles. The molecule has 0 unspecified atom stereocenters. The minimum atomic E-state index is -0.615. The molecular weight excluding hydrogens is 372 g/mol. The average Bonchev–Trinajstić information content (AvgIpc) is 3.00. The van der Waals surface area contributed by atoms with Crippen LogP contribution in [-0.2, 0) is 0 Å². The van der Waals surface area contributed by atoms with E-state index >= 15 is 0 Å². The Bertz CT molecular complexity index is 683. The van der Waals surface area contributed by atoms with Crippen molar-refractivity contribution < 1.29 is 15.3 Å². The van der Waals surface area contributed by atoms with Gasteiger partial charge in [0.1, 0.15) is 0 Å². The van der Waals surface area contributed by atoms with Gasteiger partial charge >= 0.3 is 0 Å². The third kappa shape index (κ3) is 5.29. The zero-order valence-corrected chi connectivity index (χ0v) is 19.7. The Hall–Kier alpha value is -0.900. The van der Waals surface area contributed by atoms with E-state index in [1.807, 2.05) is 13.8 Å². The second kappa shape index (κ2) is 9.30. The van der Waals surface area contributed by atoms with Crippen LogP contribution in [0.1, 0.15) is 91.9 Å². The van der Waals surface area contributed by atoms with E-state index in [0.717, 1.165) is 29.9 Å². The Morgan fingerprint density at radius 3 is 2.67 bits per heavy atom. The van der Waals surface area contributed by atoms with Crippen molar-refractivity contribution >= 4 is 0 Å². The maximum atomic E-state index is 10.1. The summed E-state index contributed by atoms with van der Waals surface area (Å²) >= 11 is 0. The molecule has 0 aromatic carbocycles. The lowest BCUT2D eigenvalue weighted by molar-refractivity contribution is 0.0596. The molecule has 3 aliphatic carbocycles. The van der Waals surface area contributed by atoms with E-state index in [4.69, 9.17) is 0 Å². The zero-order valence-electron chi connectivity index (χ0n) is 19.7. The van der Waals surface area contributed by atoms with Gasteiger partial charge in [0.05, 0.1) is 17.8 Å². The third-order valence-corrected chi connectivity index (χ3v) is 8.44. The third-order valence-electron chi connectivity index (χ3n) is 8.44. The van der Waals surface area contributed by atoms with Gasteiger partial charge in [0, 0.05) is 6.42 Å². The van der Waals surface area contributed by atoms with Gasteiger partial charge in [-0.15, -0.1) is 0 Å². The fraction of sp³-hybridized carbons (Fsp3) is 0.778. The van der Waals surface area contributed by atoms with Crippen molar-refractivity contribution in [1.29, 1.82) is 0 Å². The van der Waals surface area contributed by atoms with E-state index in [-0.39, 0.29) is 0 Å². The molecule has 0 radical (unpaired) electrons. The van der Waals surface area contributed by atoms with Crippen LogP contribution in [0.25, 0.3) is 0 Å². The number of hydrogen-bond acceptors (Lipinski definition) is 3. The predicted molar refractivity (Wildman–Crippen MR) is 124 cm³/mol. The standard InChI is InChI=1S/C27H44O3/c1-18(8-6-14-26(3,4)30)23-12-13-24-20(9-7-15-27(23,24)5)10-11-21-16-22(28)17-25(29)19(21)2/h10-11,18,22-25,28-30H,2,6-9,12-17H2,1,3-5H3/b20-10+,21-11-/t18-,22+,23-,24+,25-,27-/m0/s1. The second-order valence-corrected chi connectivity index (χ2v) is 11.3. The molecule has 3 N–H and O–H groups in total. The second-order valence-electron chi connectivity index (χ2n) is 11.3. The lowest BCUT2D eigenvalue weighted by Gasteiger charge is -2.44. The number of aliphatic hydroxyl groups excluding tert-OH is 2. The van der Waals surface area contributed by atoms with Crippen molar-refractivity contribution in [3.8, 4) is 0 Å². The zero-order chi connectivity index (χ0) is 22.1. The van der Waals surface area contributed by atoms with Crippen LogP contribution >= 0.6 is 0 Å². The molecule has 3 nitrogen and oxygen atoms in total. The molecule has 0 heterocycles. The van der Waals surface area contributed by atoms with Crippen molar-refractivity contribution in [2.24, 2.45) is 23.2 Å². The largest absolute Gasteiger partial charge is 0.393 e. The van der Waals surface area contributed by atoms with Gasteiger partial charge in [0.25, 0.3) is 0 Å². The highest BCUT2D eigenvalue weighted by Gasteiger charge is 2.50. The van der Waals surface area contributed by atoms with Crippen LogP contribution in [0.5, 0.6) is 0 Å². The first-order valence-electron chi connectivity index (χ1n) is 12.2. The molecule has 170 valence electrons. The Morgan fingerprint density at radius 2 is 1.97 bits per heavy atom. The molecule has 3 fully saturated rings. The van der Waals surface area contributed by atoms with Gasteiger partial charge in [-0.05, 0) is 93.1 Å². The highest BCUT2D eigenvalue weighted by atomic mass is 16.3. The number of fused-ring (bicyclic) bond motifs is 1. The van der Waals surface area contributed by atoms with Crippen LogP contribution in [0, 0.1) is 23.2 Å². The Balaban J connectivity index is 1.70. The Morgan fingerprint density at radius 1 is 1.23 bits per heavy atom. The monoisotopic (exact) mass is 416 g/mol. The Kier molecular flexibility index (Phi) is 7.37. The van der Waals surface area contributed by atoms with Gasteiger partial charge in [-0.25, -0.2) is 0 Å². The van der Waals surface area contributed by atoms with Crippen LogP contribution in [-0.4, -0.2) is 33.1 Å². The predicted octanol–water partition coefficient (Wildman–Crippen LogP) is 5.70. The summed E-state index contributed by atoms with van der Waals surface area (Å²) in [6, 6.07) is 0. The first-order valence-corrected chi connectivity index (χ1v) is 12.2. The van der Waals surface area contributed by atoms with E-state index in [2.05, 4.69) is 32.6 Å². The summed E-state index contributed by atoms with van der Waals surface area (Å²) < 4.78 is 0. The molecular formula is C27H44O3. The molecule has 0 aromatic heterocycles. The van der Waals surface area contributed by atoms with Crippen LogP contribution in [0.2, 0.25) is 0 Å². The average molecular weight is 417 g/mol. The van der Waals surface area contributed by atoms with E-state index in [1.165, 1.54) is 38.5 Å². The molecule has 30 heavy (non-hydrogen) atoms. The van der Waals surface area contributed by atoms with Crippen LogP contribution in [0.3, 0.4) is 0 Å². The van der Waals surface area contributed by atoms with E-state index in [1.54, 1.807) is 5.57 Å². The molecule has 0 spiro atoms. The molecule has 3 aliphatic rings. The Labute approximate surface area is 184 Å². The van der Waals surface area contributed by atoms with Crippen LogP contribution in [0.15, 0.2) is 35.5 Å². The van der Waals surface area contributed by atoms with Gasteiger partial charge in [-0.3, -0.25) is 0 Å². The van der Waals surface area contributed by atoms with Gasteiger partial charge in [0.15, 0.2) is 0 Å². The number of aliphatic hydroxyl groups is 3. The molecule has 3 saturated carbocycles. The SMILES string of the molecule is C=C1/C(=C\C=C2/CCC[C@]3(C)[C@@H]2CC[C@H]3[C@@H](C)CCCC(C)(C)O)C[C@@H](O)C[C@@H]1O. The first-order chi connectivity index (χ1) is 14.0. The highest BCUT2D eigenvalue weighted by Crippen LogP contribution is 2.60. The van der Waals surface area contributed by atoms with Crippen LogP contribution < -0.4 is 0 Å². The summed E-state index contributed by atoms with van der Waals surface area (Å²) in [4.78, 5) is 0. The molecule has 3 rings (SSSR count). The lowest BCUT2D eigenvalue weighted by atomic mass is 9.60. The van der Waals surface area contributed by atoms with Crippen molar-refractivity contribution in [3.63, 3.8) is 0 Å². The number of hydrogen-bond donors (Lipinski definition) is 3. The van der Waals surface area contributed by atoms with Crippen molar-refractivity contribution in [1.82, 2.24) is 0 Å². The van der Waals surface area contributed by atoms with Gasteiger partial charge in [0.2, 0.25) is 0 Å². The molecule has 0 amide bonds. The van der Waals surface area contributed by atoms with Crippen molar-refractivity contribution in [2.45, 2.75) is 110 Å². The number of rotatable bonds is 6. The highest BCUT2D eigenvalue weighted by molar-refractivity contribution is 5.38. The summed E-state index contributed by atoms with van der Waals surface area (Å²) in [6.45, 7) is 12.8. The number of allylic oxidation sites excluding steroid dienone is 3. The fourth-order valence-electron chi connectivity index (χ4n) is 6.74. The molecule has 0 aliphatic heterocycles. The quantitative estimate of drug-likeness (QED) is 0.520. The summed E-state index contributed by atoms with van der Waals surface area (Å²) in [7, 11) is 0. The van der Waals surface area contributed by atoms with Crippen molar-refractivity contribution in [3.05, 3.63) is 35.5 Å². The summed E-state index contributed by atoms with van der Waals surface area (Å²) in [6.07, 6.45) is 13.9. The molecule has 0 bridgehead atoms. The van der Waals surface area contributed by atoms with Crippen molar-refractivity contribution in [2.75, 3.05) is 0 Å². The maximum absolute atomic E-state index is 10.1. The first kappa shape index (κ1) is 23.8. The smallest absolute Gasteiger partial charge is 0.0811 e. The minimum Gasteiger partial charge on any atom is -0.393 e. The van der Waals surface area contributed by atoms with E-state index in [9.17, 15) is 15.3 Å².